The number of hydrogen-bond donors (Lipinski definition) is 0. The smallest absolute Gasteiger partial charge is 0.344 e. The van der Waals surface area contributed by atoms with E-state index in [1.807, 2.05) is 54.6 Å². The van der Waals surface area contributed by atoms with Gasteiger partial charge in [-0.15, -0.1) is 0 Å². The van der Waals surface area contributed by atoms with Crippen LogP contribution in [0.3, 0.4) is 0 Å². The van der Waals surface area contributed by atoms with E-state index in [0.29, 0.717) is 11.1 Å². The first-order valence-electron chi connectivity index (χ1n) is 6.83. The summed E-state index contributed by atoms with van der Waals surface area (Å²) in [4.78, 5) is 12.1. The monoisotopic (exact) mass is 272 g/mol. The van der Waals surface area contributed by atoms with Gasteiger partial charge < -0.3 is 4.42 Å². The molecular formula is C19H12O2. The Morgan fingerprint density at radius 1 is 0.667 bits per heavy atom. The summed E-state index contributed by atoms with van der Waals surface area (Å²) in [6, 6.07) is 23.6. The van der Waals surface area contributed by atoms with Crippen molar-refractivity contribution in [2.24, 2.45) is 0 Å². The van der Waals surface area contributed by atoms with Gasteiger partial charge in [0.05, 0.1) is 5.39 Å². The summed E-state index contributed by atoms with van der Waals surface area (Å²) >= 11 is 0. The van der Waals surface area contributed by atoms with E-state index < -0.39 is 0 Å². The standard InChI is InChI=1S/C19H12O2/c20-19-17-8-4-3-7-15(17)12-18(21-19)16-10-9-13-5-1-2-6-14(13)11-16/h1-12H. The third kappa shape index (κ3) is 2.01. The molecule has 0 aliphatic heterocycles. The first-order chi connectivity index (χ1) is 10.3. The molecule has 0 bridgehead atoms. The number of benzene rings is 3. The van der Waals surface area contributed by atoms with Gasteiger partial charge in [-0.05, 0) is 34.4 Å². The Balaban J connectivity index is 1.97. The van der Waals surface area contributed by atoms with Crippen molar-refractivity contribution in [3.8, 4) is 11.3 Å². The van der Waals surface area contributed by atoms with Crippen LogP contribution in [-0.2, 0) is 0 Å². The zero-order valence-corrected chi connectivity index (χ0v) is 11.2. The van der Waals surface area contributed by atoms with Crippen molar-refractivity contribution in [1.29, 1.82) is 0 Å². The fraction of sp³-hybridized carbons (Fsp3) is 0. The average Bonchev–Trinajstić information content (AvgIpc) is 2.54. The number of fused-ring (bicyclic) bond motifs is 2. The molecule has 1 heterocycles. The summed E-state index contributed by atoms with van der Waals surface area (Å²) in [7, 11) is 0. The molecule has 4 rings (SSSR count). The molecule has 0 aliphatic rings. The molecule has 3 aromatic carbocycles. The minimum Gasteiger partial charge on any atom is -0.422 e. The zero-order valence-electron chi connectivity index (χ0n) is 11.2. The summed E-state index contributed by atoms with van der Waals surface area (Å²) < 4.78 is 5.47. The average molecular weight is 272 g/mol. The van der Waals surface area contributed by atoms with Gasteiger partial charge in [-0.3, -0.25) is 0 Å². The number of hydrogen-bond acceptors (Lipinski definition) is 2. The van der Waals surface area contributed by atoms with Crippen molar-refractivity contribution in [3.63, 3.8) is 0 Å². The van der Waals surface area contributed by atoms with Gasteiger partial charge in [0.2, 0.25) is 0 Å². The maximum atomic E-state index is 12.1. The third-order valence-corrected chi connectivity index (χ3v) is 3.70. The Labute approximate surface area is 121 Å². The Bertz CT molecular complexity index is 1010. The highest BCUT2D eigenvalue weighted by atomic mass is 16.4. The van der Waals surface area contributed by atoms with E-state index in [1.165, 1.54) is 5.39 Å². The second kappa shape index (κ2) is 4.60. The minimum atomic E-state index is -0.295. The largest absolute Gasteiger partial charge is 0.422 e. The Morgan fingerprint density at radius 2 is 1.38 bits per heavy atom. The van der Waals surface area contributed by atoms with E-state index in [0.717, 1.165) is 16.3 Å². The Hall–Kier alpha value is -2.87. The highest BCUT2D eigenvalue weighted by Gasteiger charge is 2.06. The summed E-state index contributed by atoms with van der Waals surface area (Å²) in [5, 5.41) is 3.81. The lowest BCUT2D eigenvalue weighted by atomic mass is 10.0. The van der Waals surface area contributed by atoms with Crippen LogP contribution in [0.25, 0.3) is 32.9 Å². The quantitative estimate of drug-likeness (QED) is 0.506. The third-order valence-electron chi connectivity index (χ3n) is 3.70. The predicted molar refractivity (Wildman–Crippen MR) is 85.4 cm³/mol. The lowest BCUT2D eigenvalue weighted by Crippen LogP contribution is -1.99. The fourth-order valence-electron chi connectivity index (χ4n) is 2.62. The second-order valence-electron chi connectivity index (χ2n) is 5.05. The molecule has 0 fully saturated rings. The van der Waals surface area contributed by atoms with Gasteiger partial charge in [-0.1, -0.05) is 54.6 Å². The van der Waals surface area contributed by atoms with Crippen molar-refractivity contribution < 1.29 is 4.42 Å². The normalized spacial score (nSPS) is 11.0. The molecule has 0 aliphatic carbocycles. The summed E-state index contributed by atoms with van der Waals surface area (Å²) in [6.45, 7) is 0. The van der Waals surface area contributed by atoms with Crippen molar-refractivity contribution in [2.45, 2.75) is 0 Å². The Morgan fingerprint density at radius 3 is 2.24 bits per heavy atom. The molecule has 4 aromatic rings. The fourth-order valence-corrected chi connectivity index (χ4v) is 2.62. The van der Waals surface area contributed by atoms with Crippen LogP contribution in [0.1, 0.15) is 0 Å². The molecule has 2 nitrogen and oxygen atoms in total. The molecule has 100 valence electrons. The van der Waals surface area contributed by atoms with Gasteiger partial charge in [0, 0.05) is 5.56 Å². The lowest BCUT2D eigenvalue weighted by molar-refractivity contribution is 0.535. The van der Waals surface area contributed by atoms with E-state index in [4.69, 9.17) is 4.42 Å². The van der Waals surface area contributed by atoms with Crippen molar-refractivity contribution in [2.75, 3.05) is 0 Å². The van der Waals surface area contributed by atoms with Crippen molar-refractivity contribution >= 4 is 21.5 Å². The lowest BCUT2D eigenvalue weighted by Gasteiger charge is -2.04. The van der Waals surface area contributed by atoms with Crippen LogP contribution in [-0.4, -0.2) is 0 Å². The van der Waals surface area contributed by atoms with Gasteiger partial charge in [-0.25, -0.2) is 4.79 Å². The van der Waals surface area contributed by atoms with Gasteiger partial charge in [-0.2, -0.15) is 0 Å². The van der Waals surface area contributed by atoms with E-state index in [-0.39, 0.29) is 5.63 Å². The molecule has 0 unspecified atom stereocenters. The molecule has 0 radical (unpaired) electrons. The molecule has 21 heavy (non-hydrogen) atoms. The molecule has 0 spiro atoms. The summed E-state index contributed by atoms with van der Waals surface area (Å²) in [5.74, 6) is 0.601. The van der Waals surface area contributed by atoms with E-state index in [1.54, 1.807) is 6.07 Å². The predicted octanol–water partition coefficient (Wildman–Crippen LogP) is 4.61. The first-order valence-corrected chi connectivity index (χ1v) is 6.83. The van der Waals surface area contributed by atoms with Gasteiger partial charge >= 0.3 is 5.63 Å². The van der Waals surface area contributed by atoms with Crippen molar-refractivity contribution in [3.05, 3.63) is 83.2 Å². The van der Waals surface area contributed by atoms with E-state index in [9.17, 15) is 4.79 Å². The van der Waals surface area contributed by atoms with Gasteiger partial charge in [0.15, 0.2) is 0 Å². The zero-order chi connectivity index (χ0) is 14.2. The Kier molecular flexibility index (Phi) is 2.61. The maximum absolute atomic E-state index is 12.1. The summed E-state index contributed by atoms with van der Waals surface area (Å²) in [5.41, 5.74) is 0.618. The molecular weight excluding hydrogens is 260 g/mol. The number of rotatable bonds is 1. The van der Waals surface area contributed by atoms with E-state index >= 15 is 0 Å². The van der Waals surface area contributed by atoms with Crippen LogP contribution in [0.5, 0.6) is 0 Å². The molecule has 0 saturated heterocycles. The van der Waals surface area contributed by atoms with Crippen LogP contribution >= 0.6 is 0 Å². The van der Waals surface area contributed by atoms with E-state index in [2.05, 4.69) is 12.1 Å². The maximum Gasteiger partial charge on any atom is 0.344 e. The van der Waals surface area contributed by atoms with Crippen LogP contribution in [0.15, 0.2) is 82.0 Å². The van der Waals surface area contributed by atoms with Crippen LogP contribution in [0.4, 0.5) is 0 Å². The summed E-state index contributed by atoms with van der Waals surface area (Å²) in [6.07, 6.45) is 0. The molecule has 2 heteroatoms. The molecule has 0 atom stereocenters. The molecule has 0 amide bonds. The second-order valence-corrected chi connectivity index (χ2v) is 5.05. The topological polar surface area (TPSA) is 30.2 Å². The highest BCUT2D eigenvalue weighted by molar-refractivity contribution is 5.88. The van der Waals surface area contributed by atoms with Crippen LogP contribution < -0.4 is 5.63 Å². The first kappa shape index (κ1) is 11.9. The molecule has 0 N–H and O–H groups in total. The molecule has 0 saturated carbocycles. The van der Waals surface area contributed by atoms with Gasteiger partial charge in [0.1, 0.15) is 5.76 Å². The van der Waals surface area contributed by atoms with Gasteiger partial charge in [0.25, 0.3) is 0 Å². The SMILES string of the molecule is O=c1oc(-c2ccc3ccccc3c2)cc2ccccc12. The van der Waals surface area contributed by atoms with Crippen LogP contribution in [0.2, 0.25) is 0 Å². The minimum absolute atomic E-state index is 0.295. The van der Waals surface area contributed by atoms with Crippen LogP contribution in [0, 0.1) is 0 Å². The molecule has 1 aromatic heterocycles. The van der Waals surface area contributed by atoms with Crippen molar-refractivity contribution in [1.82, 2.24) is 0 Å². The highest BCUT2D eigenvalue weighted by Crippen LogP contribution is 2.25.